The number of halogens is 1. The Labute approximate surface area is 155 Å². The number of carbonyl (C=O) groups excluding carboxylic acids is 2. The Morgan fingerprint density at radius 2 is 1.92 bits per heavy atom. The van der Waals surface area contributed by atoms with Gasteiger partial charge in [0.15, 0.2) is 0 Å². The molecule has 0 saturated carbocycles. The summed E-state index contributed by atoms with van der Waals surface area (Å²) in [4.78, 5) is 26.4. The van der Waals surface area contributed by atoms with Crippen LogP contribution in [0, 0.1) is 3.57 Å². The van der Waals surface area contributed by atoms with Crippen molar-refractivity contribution < 1.29 is 14.3 Å². The maximum absolute atomic E-state index is 12.6. The van der Waals surface area contributed by atoms with E-state index in [0.29, 0.717) is 23.5 Å². The fourth-order valence-electron chi connectivity index (χ4n) is 2.24. The van der Waals surface area contributed by atoms with E-state index in [-0.39, 0.29) is 18.4 Å². The summed E-state index contributed by atoms with van der Waals surface area (Å²) in [7, 11) is 1.55. The van der Waals surface area contributed by atoms with E-state index < -0.39 is 0 Å². The molecule has 0 aliphatic rings. The van der Waals surface area contributed by atoms with Crippen LogP contribution in [0.3, 0.4) is 0 Å². The molecule has 2 aromatic carbocycles. The smallest absolute Gasteiger partial charge is 0.254 e. The predicted octanol–water partition coefficient (Wildman–Crippen LogP) is 3.40. The minimum atomic E-state index is -0.264. The minimum absolute atomic E-state index is 0.0150. The van der Waals surface area contributed by atoms with Crippen LogP contribution in [0.1, 0.15) is 17.3 Å². The van der Waals surface area contributed by atoms with Crippen LogP contribution in [0.5, 0.6) is 5.75 Å². The first-order chi connectivity index (χ1) is 11.5. The number of hydrogen-bond acceptors (Lipinski definition) is 3. The van der Waals surface area contributed by atoms with Gasteiger partial charge in [-0.2, -0.15) is 0 Å². The molecule has 0 spiro atoms. The minimum Gasteiger partial charge on any atom is -0.495 e. The lowest BCUT2D eigenvalue weighted by Gasteiger charge is -2.21. The Bertz CT molecular complexity index is 734. The summed E-state index contributed by atoms with van der Waals surface area (Å²) >= 11 is 2.16. The van der Waals surface area contributed by atoms with Gasteiger partial charge in [0.25, 0.3) is 5.91 Å². The third-order valence-corrected chi connectivity index (χ3v) is 4.13. The lowest BCUT2D eigenvalue weighted by molar-refractivity contribution is -0.116. The van der Waals surface area contributed by atoms with E-state index in [1.165, 1.54) is 4.90 Å². The van der Waals surface area contributed by atoms with Gasteiger partial charge in [-0.3, -0.25) is 9.59 Å². The van der Waals surface area contributed by atoms with Crippen molar-refractivity contribution in [2.45, 2.75) is 6.92 Å². The number of likely N-dealkylation sites (N-methyl/N-ethyl adjacent to an activating group) is 1. The van der Waals surface area contributed by atoms with Gasteiger partial charge < -0.3 is 15.0 Å². The fourth-order valence-corrected chi connectivity index (χ4v) is 2.79. The summed E-state index contributed by atoms with van der Waals surface area (Å²) in [5.41, 5.74) is 1.16. The average molecular weight is 438 g/mol. The molecular weight excluding hydrogens is 419 g/mol. The van der Waals surface area contributed by atoms with Crippen LogP contribution in [0.4, 0.5) is 5.69 Å². The zero-order chi connectivity index (χ0) is 17.5. The number of amides is 2. The second-order valence-electron chi connectivity index (χ2n) is 5.08. The molecule has 0 bridgehead atoms. The van der Waals surface area contributed by atoms with Crippen molar-refractivity contribution in [3.8, 4) is 5.75 Å². The highest BCUT2D eigenvalue weighted by Gasteiger charge is 2.18. The van der Waals surface area contributed by atoms with E-state index in [1.807, 2.05) is 37.3 Å². The Hall–Kier alpha value is -2.09. The van der Waals surface area contributed by atoms with Gasteiger partial charge in [0, 0.05) is 15.7 Å². The molecule has 1 N–H and O–H groups in total. The lowest BCUT2D eigenvalue weighted by Crippen LogP contribution is -2.37. The van der Waals surface area contributed by atoms with E-state index in [2.05, 4.69) is 27.9 Å². The third kappa shape index (κ3) is 4.70. The molecular formula is C18H19IN2O3. The highest BCUT2D eigenvalue weighted by Crippen LogP contribution is 2.22. The highest BCUT2D eigenvalue weighted by atomic mass is 127. The van der Waals surface area contributed by atoms with Crippen LogP contribution >= 0.6 is 22.6 Å². The molecule has 0 aliphatic heterocycles. The molecule has 2 aromatic rings. The number of para-hydroxylation sites is 2. The number of benzene rings is 2. The Kier molecular flexibility index (Phi) is 6.60. The molecule has 0 saturated heterocycles. The van der Waals surface area contributed by atoms with E-state index in [4.69, 9.17) is 4.74 Å². The van der Waals surface area contributed by atoms with Gasteiger partial charge in [0.2, 0.25) is 5.91 Å². The average Bonchev–Trinajstić information content (AvgIpc) is 2.59. The quantitative estimate of drug-likeness (QED) is 0.704. The molecule has 5 nitrogen and oxygen atoms in total. The molecule has 0 aliphatic carbocycles. The predicted molar refractivity (Wildman–Crippen MR) is 102 cm³/mol. The largest absolute Gasteiger partial charge is 0.495 e. The lowest BCUT2D eigenvalue weighted by atomic mass is 10.2. The number of anilines is 1. The first kappa shape index (κ1) is 18.3. The second-order valence-corrected chi connectivity index (χ2v) is 6.32. The summed E-state index contributed by atoms with van der Waals surface area (Å²) in [6.45, 7) is 2.28. The zero-order valence-corrected chi connectivity index (χ0v) is 15.7. The van der Waals surface area contributed by atoms with Crippen LogP contribution in [0.25, 0.3) is 0 Å². The fraction of sp³-hybridized carbons (Fsp3) is 0.222. The number of ether oxygens (including phenoxy) is 1. The molecule has 24 heavy (non-hydrogen) atoms. The summed E-state index contributed by atoms with van der Waals surface area (Å²) in [5, 5.41) is 2.78. The van der Waals surface area contributed by atoms with Gasteiger partial charge in [0.05, 0.1) is 12.8 Å². The summed E-state index contributed by atoms with van der Waals surface area (Å²) < 4.78 is 6.19. The van der Waals surface area contributed by atoms with Gasteiger partial charge in [0.1, 0.15) is 12.3 Å². The molecule has 126 valence electrons. The maximum atomic E-state index is 12.6. The first-order valence-corrected chi connectivity index (χ1v) is 8.60. The van der Waals surface area contributed by atoms with E-state index in [0.717, 1.165) is 3.57 Å². The van der Waals surface area contributed by atoms with Crippen molar-refractivity contribution in [2.24, 2.45) is 0 Å². The molecule has 2 rings (SSSR count). The second kappa shape index (κ2) is 8.68. The maximum Gasteiger partial charge on any atom is 0.254 e. The van der Waals surface area contributed by atoms with E-state index >= 15 is 0 Å². The van der Waals surface area contributed by atoms with Crippen molar-refractivity contribution in [3.63, 3.8) is 0 Å². The van der Waals surface area contributed by atoms with Crippen LogP contribution < -0.4 is 10.1 Å². The van der Waals surface area contributed by atoms with Gasteiger partial charge in [-0.15, -0.1) is 0 Å². The van der Waals surface area contributed by atoms with Crippen LogP contribution in [0.15, 0.2) is 48.5 Å². The topological polar surface area (TPSA) is 58.6 Å². The van der Waals surface area contributed by atoms with Crippen molar-refractivity contribution in [2.75, 3.05) is 25.5 Å². The summed E-state index contributed by atoms with van der Waals surface area (Å²) in [6, 6.07) is 14.5. The standard InChI is InChI=1S/C18H19IN2O3/c1-3-21(18(23)13-7-6-8-14(19)11-13)12-17(22)20-15-9-4-5-10-16(15)24-2/h4-11H,3,12H2,1-2H3,(H,20,22). The molecule has 0 aromatic heterocycles. The first-order valence-electron chi connectivity index (χ1n) is 7.53. The number of nitrogens with zero attached hydrogens (tertiary/aromatic N) is 1. The van der Waals surface area contributed by atoms with E-state index in [9.17, 15) is 9.59 Å². The van der Waals surface area contributed by atoms with Crippen molar-refractivity contribution >= 4 is 40.1 Å². The monoisotopic (exact) mass is 438 g/mol. The number of methoxy groups -OCH3 is 1. The number of rotatable bonds is 6. The zero-order valence-electron chi connectivity index (χ0n) is 13.6. The Morgan fingerprint density at radius 3 is 2.58 bits per heavy atom. The molecule has 6 heteroatoms. The van der Waals surface area contributed by atoms with Crippen LogP contribution in [-0.4, -0.2) is 36.9 Å². The molecule has 0 radical (unpaired) electrons. The number of hydrogen-bond donors (Lipinski definition) is 1. The van der Waals surface area contributed by atoms with Crippen molar-refractivity contribution in [3.05, 3.63) is 57.7 Å². The van der Waals surface area contributed by atoms with Crippen molar-refractivity contribution in [1.29, 1.82) is 0 Å². The van der Waals surface area contributed by atoms with Crippen LogP contribution in [-0.2, 0) is 4.79 Å². The van der Waals surface area contributed by atoms with Gasteiger partial charge >= 0.3 is 0 Å². The van der Waals surface area contributed by atoms with Gasteiger partial charge in [-0.1, -0.05) is 18.2 Å². The Morgan fingerprint density at radius 1 is 1.17 bits per heavy atom. The highest BCUT2D eigenvalue weighted by molar-refractivity contribution is 14.1. The van der Waals surface area contributed by atoms with Gasteiger partial charge in [-0.25, -0.2) is 0 Å². The van der Waals surface area contributed by atoms with Gasteiger partial charge in [-0.05, 0) is 59.8 Å². The van der Waals surface area contributed by atoms with Crippen molar-refractivity contribution in [1.82, 2.24) is 4.90 Å². The number of carbonyl (C=O) groups is 2. The summed E-state index contributed by atoms with van der Waals surface area (Å²) in [5.74, 6) is 0.157. The molecule has 0 atom stereocenters. The third-order valence-electron chi connectivity index (χ3n) is 3.46. The Balaban J connectivity index is 2.06. The molecule has 0 fully saturated rings. The number of nitrogens with one attached hydrogen (secondary N) is 1. The van der Waals surface area contributed by atoms with E-state index in [1.54, 1.807) is 25.3 Å². The normalized spacial score (nSPS) is 10.1. The molecule has 2 amide bonds. The SMILES string of the molecule is CCN(CC(=O)Nc1ccccc1OC)C(=O)c1cccc(I)c1. The summed E-state index contributed by atoms with van der Waals surface area (Å²) in [6.07, 6.45) is 0. The molecule has 0 unspecified atom stereocenters. The molecule has 0 heterocycles. The van der Waals surface area contributed by atoms with Crippen LogP contribution in [0.2, 0.25) is 0 Å².